The van der Waals surface area contributed by atoms with Gasteiger partial charge in [-0.15, -0.1) is 0 Å². The number of hydrogen-bond donors (Lipinski definition) is 1. The lowest BCUT2D eigenvalue weighted by Gasteiger charge is -2.39. The molecule has 2 heteroatoms. The number of benzene rings is 1. The molecule has 2 rings (SSSR count). The number of hydrogen-bond acceptors (Lipinski definition) is 2. The highest BCUT2D eigenvalue weighted by Crippen LogP contribution is 2.33. The number of aliphatic hydroxyl groups is 1. The first-order valence-electron chi connectivity index (χ1n) is 7.07. The molecule has 0 bridgehead atoms. The summed E-state index contributed by atoms with van der Waals surface area (Å²) >= 11 is 0. The maximum Gasteiger partial charge on any atom is 0.0968 e. The summed E-state index contributed by atoms with van der Waals surface area (Å²) in [6.45, 7) is 8.68. The second kappa shape index (κ2) is 5.41. The van der Waals surface area contributed by atoms with E-state index in [9.17, 15) is 5.11 Å². The maximum absolute atomic E-state index is 10.7. The summed E-state index contributed by atoms with van der Waals surface area (Å²) in [4.78, 5) is 2.41. The van der Waals surface area contributed by atoms with Crippen LogP contribution in [0.5, 0.6) is 0 Å². The van der Waals surface area contributed by atoms with E-state index in [2.05, 4.69) is 43.9 Å². The van der Waals surface area contributed by atoms with Crippen LogP contribution in [0.3, 0.4) is 0 Å². The van der Waals surface area contributed by atoms with Crippen LogP contribution >= 0.6 is 0 Å². The van der Waals surface area contributed by atoms with E-state index in [1.807, 2.05) is 6.07 Å². The zero-order valence-electron chi connectivity index (χ0n) is 11.8. The highest BCUT2D eigenvalue weighted by Gasteiger charge is 2.36. The summed E-state index contributed by atoms with van der Waals surface area (Å²) in [5.41, 5.74) is 2.16. The molecule has 0 saturated carbocycles. The molecule has 1 N–H and O–H groups in total. The van der Waals surface area contributed by atoms with Gasteiger partial charge < -0.3 is 5.11 Å². The molecule has 18 heavy (non-hydrogen) atoms. The second-order valence-corrected chi connectivity index (χ2v) is 5.85. The van der Waals surface area contributed by atoms with Crippen LogP contribution in [0.4, 0.5) is 0 Å². The van der Waals surface area contributed by atoms with Crippen molar-refractivity contribution in [3.63, 3.8) is 0 Å². The third-order valence-corrected chi connectivity index (χ3v) is 4.27. The van der Waals surface area contributed by atoms with Gasteiger partial charge in [-0.1, -0.05) is 31.2 Å². The summed E-state index contributed by atoms with van der Waals surface area (Å²) in [5, 5.41) is 10.7. The lowest BCUT2D eigenvalue weighted by atomic mass is 9.89. The van der Waals surface area contributed by atoms with Crippen molar-refractivity contribution in [2.24, 2.45) is 0 Å². The lowest BCUT2D eigenvalue weighted by Crippen LogP contribution is -2.46. The minimum absolute atomic E-state index is 0.178. The molecule has 0 aliphatic carbocycles. The second-order valence-electron chi connectivity index (χ2n) is 5.85. The first-order chi connectivity index (χ1) is 8.55. The first kappa shape index (κ1) is 13.6. The molecule has 0 spiro atoms. The van der Waals surface area contributed by atoms with Crippen LogP contribution in [0.25, 0.3) is 0 Å². The van der Waals surface area contributed by atoms with Crippen molar-refractivity contribution < 1.29 is 5.11 Å². The molecule has 1 aromatic rings. The molecular weight excluding hydrogens is 222 g/mol. The molecule has 1 fully saturated rings. The Kier molecular flexibility index (Phi) is 4.08. The molecule has 1 saturated heterocycles. The van der Waals surface area contributed by atoms with Crippen molar-refractivity contribution >= 4 is 0 Å². The Morgan fingerprint density at radius 1 is 1.28 bits per heavy atom. The van der Waals surface area contributed by atoms with Gasteiger partial charge in [0.25, 0.3) is 0 Å². The van der Waals surface area contributed by atoms with Crippen LogP contribution in [0.1, 0.15) is 50.8 Å². The molecule has 1 aliphatic rings. The van der Waals surface area contributed by atoms with Crippen molar-refractivity contribution in [1.82, 2.24) is 4.90 Å². The Morgan fingerprint density at radius 2 is 1.94 bits per heavy atom. The predicted molar refractivity (Wildman–Crippen MR) is 75.7 cm³/mol. The van der Waals surface area contributed by atoms with E-state index < -0.39 is 6.10 Å². The number of rotatable bonds is 4. The molecule has 2 nitrogen and oxygen atoms in total. The van der Waals surface area contributed by atoms with E-state index in [-0.39, 0.29) is 5.54 Å². The molecule has 1 atom stereocenters. The normalized spacial score (nSPS) is 19.1. The largest absolute Gasteiger partial charge is 0.386 e. The van der Waals surface area contributed by atoms with Crippen molar-refractivity contribution in [3.05, 3.63) is 35.4 Å². The van der Waals surface area contributed by atoms with E-state index in [4.69, 9.17) is 0 Å². The van der Waals surface area contributed by atoms with Crippen LogP contribution in [0.2, 0.25) is 0 Å². The van der Waals surface area contributed by atoms with E-state index >= 15 is 0 Å². The minimum atomic E-state index is -0.415. The van der Waals surface area contributed by atoms with Crippen LogP contribution < -0.4 is 0 Å². The molecule has 0 radical (unpaired) electrons. The van der Waals surface area contributed by atoms with Crippen molar-refractivity contribution in [2.75, 3.05) is 13.1 Å². The monoisotopic (exact) mass is 247 g/mol. The Balaban J connectivity index is 2.20. The van der Waals surface area contributed by atoms with Gasteiger partial charge >= 0.3 is 0 Å². The van der Waals surface area contributed by atoms with Gasteiger partial charge in [0, 0.05) is 5.54 Å². The fraction of sp³-hybridized carbons (Fsp3) is 0.625. The zero-order chi connectivity index (χ0) is 13.2. The standard InChI is InChI=1S/C16H25NO/c1-4-13-8-7-9-14(12-13)15(18)16(2,3)17-10-5-6-11-17/h7-9,12,15,18H,4-6,10-11H2,1-3H3. The SMILES string of the molecule is CCc1cccc(C(O)C(C)(C)N2CCCC2)c1. The quantitative estimate of drug-likeness (QED) is 0.883. The number of nitrogens with zero attached hydrogens (tertiary/aromatic N) is 1. The van der Waals surface area contributed by atoms with Gasteiger partial charge in [0.05, 0.1) is 6.10 Å². The number of likely N-dealkylation sites (tertiary alicyclic amines) is 1. The third-order valence-electron chi connectivity index (χ3n) is 4.27. The summed E-state index contributed by atoms with van der Waals surface area (Å²) in [6, 6.07) is 8.36. The van der Waals surface area contributed by atoms with Gasteiger partial charge in [-0.2, -0.15) is 0 Å². The number of aryl methyl sites for hydroxylation is 1. The highest BCUT2D eigenvalue weighted by molar-refractivity contribution is 5.27. The van der Waals surface area contributed by atoms with Gasteiger partial charge in [0.1, 0.15) is 0 Å². The molecule has 1 unspecified atom stereocenters. The van der Waals surface area contributed by atoms with E-state index in [0.717, 1.165) is 25.1 Å². The third kappa shape index (κ3) is 2.60. The molecule has 1 heterocycles. The van der Waals surface area contributed by atoms with Crippen LogP contribution in [-0.4, -0.2) is 28.6 Å². The molecular formula is C16H25NO. The minimum Gasteiger partial charge on any atom is -0.386 e. The van der Waals surface area contributed by atoms with Crippen LogP contribution in [-0.2, 0) is 6.42 Å². The Bertz CT molecular complexity index is 394. The zero-order valence-corrected chi connectivity index (χ0v) is 11.8. The highest BCUT2D eigenvalue weighted by atomic mass is 16.3. The first-order valence-corrected chi connectivity index (χ1v) is 7.07. The predicted octanol–water partition coefficient (Wildman–Crippen LogP) is 3.16. The summed E-state index contributed by atoms with van der Waals surface area (Å²) in [5.74, 6) is 0. The Morgan fingerprint density at radius 3 is 2.56 bits per heavy atom. The molecule has 100 valence electrons. The van der Waals surface area contributed by atoms with Crippen LogP contribution in [0, 0.1) is 0 Å². The molecule has 0 aromatic heterocycles. The lowest BCUT2D eigenvalue weighted by molar-refractivity contribution is 0.00129. The Hall–Kier alpha value is -0.860. The van der Waals surface area contributed by atoms with E-state index in [1.165, 1.54) is 18.4 Å². The fourth-order valence-electron chi connectivity index (χ4n) is 2.86. The van der Waals surface area contributed by atoms with Gasteiger partial charge in [0.15, 0.2) is 0 Å². The summed E-state index contributed by atoms with van der Waals surface area (Å²) < 4.78 is 0. The Labute approximate surface area is 111 Å². The topological polar surface area (TPSA) is 23.5 Å². The van der Waals surface area contributed by atoms with Crippen molar-refractivity contribution in [3.8, 4) is 0 Å². The molecule has 1 aliphatic heterocycles. The number of aliphatic hydroxyl groups excluding tert-OH is 1. The fourth-order valence-corrected chi connectivity index (χ4v) is 2.86. The smallest absolute Gasteiger partial charge is 0.0968 e. The van der Waals surface area contributed by atoms with Crippen molar-refractivity contribution in [2.45, 2.75) is 51.7 Å². The average molecular weight is 247 g/mol. The maximum atomic E-state index is 10.7. The summed E-state index contributed by atoms with van der Waals surface area (Å²) in [6.07, 6.45) is 3.11. The molecule has 1 aromatic carbocycles. The van der Waals surface area contributed by atoms with E-state index in [1.54, 1.807) is 0 Å². The van der Waals surface area contributed by atoms with Crippen molar-refractivity contribution in [1.29, 1.82) is 0 Å². The van der Waals surface area contributed by atoms with Crippen LogP contribution in [0.15, 0.2) is 24.3 Å². The summed E-state index contributed by atoms with van der Waals surface area (Å²) in [7, 11) is 0. The van der Waals surface area contributed by atoms with E-state index in [0.29, 0.717) is 0 Å². The van der Waals surface area contributed by atoms with Gasteiger partial charge in [-0.25, -0.2) is 0 Å². The average Bonchev–Trinajstić information content (AvgIpc) is 2.92. The van der Waals surface area contributed by atoms with Gasteiger partial charge in [-0.05, 0) is 57.3 Å². The molecule has 0 amide bonds. The van der Waals surface area contributed by atoms with Gasteiger partial charge in [0.2, 0.25) is 0 Å². The van der Waals surface area contributed by atoms with Gasteiger partial charge in [-0.3, -0.25) is 4.90 Å².